The molecular weight excluding hydrogens is 258 g/mol. The Labute approximate surface area is 120 Å². The van der Waals surface area contributed by atoms with Crippen molar-refractivity contribution in [1.29, 1.82) is 0 Å². The van der Waals surface area contributed by atoms with Crippen LogP contribution < -0.4 is 14.8 Å². The molecule has 1 unspecified atom stereocenters. The third kappa shape index (κ3) is 4.74. The number of carbonyl (C=O) groups is 1. The van der Waals surface area contributed by atoms with Crippen molar-refractivity contribution in [2.45, 2.75) is 32.9 Å². The summed E-state index contributed by atoms with van der Waals surface area (Å²) in [5.74, 6) is 1.01. The number of hydrogen-bond donors (Lipinski definition) is 1. The Morgan fingerprint density at radius 3 is 2.45 bits per heavy atom. The summed E-state index contributed by atoms with van der Waals surface area (Å²) in [5, 5.41) is 2.85. The molecule has 0 fully saturated rings. The summed E-state index contributed by atoms with van der Waals surface area (Å²) in [7, 11) is 3.15. The number of methoxy groups -OCH3 is 2. The van der Waals surface area contributed by atoms with Gasteiger partial charge in [-0.25, -0.2) is 0 Å². The molecule has 0 bridgehead atoms. The fourth-order valence-electron chi connectivity index (χ4n) is 1.76. The second-order valence-corrected chi connectivity index (χ2v) is 4.86. The quantitative estimate of drug-likeness (QED) is 0.833. The Morgan fingerprint density at radius 1 is 1.20 bits per heavy atom. The molecule has 1 atom stereocenters. The summed E-state index contributed by atoms with van der Waals surface area (Å²) in [6.45, 7) is 6.23. The zero-order chi connectivity index (χ0) is 15.1. The highest BCUT2D eigenvalue weighted by Gasteiger charge is 2.13. The van der Waals surface area contributed by atoms with E-state index in [1.165, 1.54) is 0 Å². The number of carbonyl (C=O) groups excluding carboxylic acids is 1. The molecular formula is C15H23NO4. The van der Waals surface area contributed by atoms with Gasteiger partial charge in [0, 0.05) is 18.7 Å². The van der Waals surface area contributed by atoms with Gasteiger partial charge in [0.05, 0.1) is 19.8 Å². The lowest BCUT2D eigenvalue weighted by molar-refractivity contribution is 0.0905. The van der Waals surface area contributed by atoms with Gasteiger partial charge in [0.15, 0.2) is 11.5 Å². The van der Waals surface area contributed by atoms with Crippen molar-refractivity contribution in [2.24, 2.45) is 0 Å². The van der Waals surface area contributed by atoms with Crippen LogP contribution in [0.2, 0.25) is 0 Å². The van der Waals surface area contributed by atoms with Crippen molar-refractivity contribution in [3.8, 4) is 11.5 Å². The van der Waals surface area contributed by atoms with E-state index in [-0.39, 0.29) is 18.1 Å². The first-order valence-electron chi connectivity index (χ1n) is 6.62. The third-order valence-electron chi connectivity index (χ3n) is 2.58. The summed E-state index contributed by atoms with van der Waals surface area (Å²) in [6.07, 6.45) is 0.0466. The number of amides is 1. The van der Waals surface area contributed by atoms with Crippen molar-refractivity contribution in [1.82, 2.24) is 5.32 Å². The molecule has 0 radical (unpaired) electrons. The topological polar surface area (TPSA) is 56.8 Å². The van der Waals surface area contributed by atoms with Crippen LogP contribution in [-0.4, -0.2) is 38.9 Å². The van der Waals surface area contributed by atoms with E-state index in [1.807, 2.05) is 20.8 Å². The van der Waals surface area contributed by atoms with Gasteiger partial charge in [-0.1, -0.05) is 0 Å². The molecule has 5 nitrogen and oxygen atoms in total. The number of hydrogen-bond acceptors (Lipinski definition) is 4. The van der Waals surface area contributed by atoms with Crippen LogP contribution in [0.15, 0.2) is 18.2 Å². The van der Waals surface area contributed by atoms with Gasteiger partial charge in [0.2, 0.25) is 0 Å². The minimum absolute atomic E-state index is 0.0466. The minimum atomic E-state index is -0.163. The first-order chi connectivity index (χ1) is 9.47. The van der Waals surface area contributed by atoms with E-state index in [9.17, 15) is 4.79 Å². The zero-order valence-electron chi connectivity index (χ0n) is 12.7. The van der Waals surface area contributed by atoms with Crippen LogP contribution in [0.5, 0.6) is 11.5 Å². The molecule has 0 saturated carbocycles. The molecule has 20 heavy (non-hydrogen) atoms. The Bertz CT molecular complexity index is 445. The van der Waals surface area contributed by atoms with Gasteiger partial charge in [-0.15, -0.1) is 0 Å². The predicted molar refractivity (Wildman–Crippen MR) is 77.6 cm³/mol. The average molecular weight is 281 g/mol. The standard InChI is InChI=1S/C15H23NO4/c1-10(2)20-13-7-6-12(8-14(13)19-5)15(17)16-11(3)9-18-4/h6-8,10-11H,9H2,1-5H3,(H,16,17). The SMILES string of the molecule is COCC(C)NC(=O)c1ccc(OC(C)C)c(OC)c1. The lowest BCUT2D eigenvalue weighted by Crippen LogP contribution is -2.35. The highest BCUT2D eigenvalue weighted by atomic mass is 16.5. The second-order valence-electron chi connectivity index (χ2n) is 4.86. The second kappa shape index (κ2) is 7.75. The van der Waals surface area contributed by atoms with Gasteiger partial charge in [0.1, 0.15) is 0 Å². The van der Waals surface area contributed by atoms with Crippen LogP contribution in [0.25, 0.3) is 0 Å². The third-order valence-corrected chi connectivity index (χ3v) is 2.58. The van der Waals surface area contributed by atoms with Gasteiger partial charge in [-0.05, 0) is 39.0 Å². The van der Waals surface area contributed by atoms with E-state index in [0.29, 0.717) is 23.7 Å². The van der Waals surface area contributed by atoms with E-state index in [0.717, 1.165) is 0 Å². The molecule has 0 aliphatic carbocycles. The molecule has 0 aliphatic rings. The first kappa shape index (κ1) is 16.3. The van der Waals surface area contributed by atoms with Crippen LogP contribution in [-0.2, 0) is 4.74 Å². The van der Waals surface area contributed by atoms with E-state index in [2.05, 4.69) is 5.32 Å². The monoisotopic (exact) mass is 281 g/mol. The Hall–Kier alpha value is -1.75. The Kier molecular flexibility index (Phi) is 6.31. The van der Waals surface area contributed by atoms with Gasteiger partial charge in [-0.3, -0.25) is 4.79 Å². The van der Waals surface area contributed by atoms with Crippen LogP contribution >= 0.6 is 0 Å². The number of rotatable bonds is 7. The minimum Gasteiger partial charge on any atom is -0.493 e. The normalized spacial score (nSPS) is 12.1. The summed E-state index contributed by atoms with van der Waals surface area (Å²) < 4.78 is 15.9. The van der Waals surface area contributed by atoms with Crippen LogP contribution in [0.3, 0.4) is 0 Å². The van der Waals surface area contributed by atoms with Gasteiger partial charge in [-0.2, -0.15) is 0 Å². The lowest BCUT2D eigenvalue weighted by atomic mass is 10.1. The van der Waals surface area contributed by atoms with E-state index < -0.39 is 0 Å². The molecule has 1 rings (SSSR count). The fourth-order valence-corrected chi connectivity index (χ4v) is 1.76. The summed E-state index contributed by atoms with van der Waals surface area (Å²) in [6, 6.07) is 5.08. The van der Waals surface area contributed by atoms with Gasteiger partial charge < -0.3 is 19.5 Å². The largest absolute Gasteiger partial charge is 0.493 e. The van der Waals surface area contributed by atoms with Crippen LogP contribution in [0, 0.1) is 0 Å². The molecule has 1 aromatic rings. The van der Waals surface area contributed by atoms with E-state index in [4.69, 9.17) is 14.2 Å². The molecule has 5 heteroatoms. The van der Waals surface area contributed by atoms with Crippen LogP contribution in [0.4, 0.5) is 0 Å². The molecule has 0 aliphatic heterocycles. The first-order valence-corrected chi connectivity index (χ1v) is 6.62. The molecule has 0 saturated heterocycles. The molecule has 0 spiro atoms. The molecule has 1 amide bonds. The summed E-state index contributed by atoms with van der Waals surface area (Å²) in [4.78, 5) is 12.1. The smallest absolute Gasteiger partial charge is 0.251 e. The van der Waals surface area contributed by atoms with E-state index in [1.54, 1.807) is 32.4 Å². The van der Waals surface area contributed by atoms with Crippen molar-refractivity contribution >= 4 is 5.91 Å². The predicted octanol–water partition coefficient (Wildman–Crippen LogP) is 2.25. The van der Waals surface area contributed by atoms with Gasteiger partial charge in [0.25, 0.3) is 5.91 Å². The van der Waals surface area contributed by atoms with E-state index >= 15 is 0 Å². The average Bonchev–Trinajstić information content (AvgIpc) is 2.38. The summed E-state index contributed by atoms with van der Waals surface area (Å²) in [5.41, 5.74) is 0.529. The van der Waals surface area contributed by atoms with Gasteiger partial charge >= 0.3 is 0 Å². The fraction of sp³-hybridized carbons (Fsp3) is 0.533. The highest BCUT2D eigenvalue weighted by Crippen LogP contribution is 2.28. The van der Waals surface area contributed by atoms with Crippen molar-refractivity contribution in [2.75, 3.05) is 20.8 Å². The molecule has 112 valence electrons. The number of benzene rings is 1. The molecule has 1 aromatic carbocycles. The van der Waals surface area contributed by atoms with Crippen molar-refractivity contribution in [3.63, 3.8) is 0 Å². The maximum absolute atomic E-state index is 12.1. The maximum Gasteiger partial charge on any atom is 0.251 e. The molecule has 0 aromatic heterocycles. The molecule has 1 N–H and O–H groups in total. The Balaban J connectivity index is 2.83. The highest BCUT2D eigenvalue weighted by molar-refractivity contribution is 5.95. The summed E-state index contributed by atoms with van der Waals surface area (Å²) >= 11 is 0. The van der Waals surface area contributed by atoms with Crippen molar-refractivity contribution in [3.05, 3.63) is 23.8 Å². The maximum atomic E-state index is 12.1. The number of nitrogens with one attached hydrogen (secondary N) is 1. The zero-order valence-corrected chi connectivity index (χ0v) is 12.7. The lowest BCUT2D eigenvalue weighted by Gasteiger charge is -2.16. The van der Waals surface area contributed by atoms with Crippen molar-refractivity contribution < 1.29 is 19.0 Å². The van der Waals surface area contributed by atoms with Crippen LogP contribution in [0.1, 0.15) is 31.1 Å². The Morgan fingerprint density at radius 2 is 1.90 bits per heavy atom. The molecule has 0 heterocycles. The number of ether oxygens (including phenoxy) is 3.